The zero-order valence-corrected chi connectivity index (χ0v) is 10.1. The molecule has 1 heterocycles. The van der Waals surface area contributed by atoms with Gasteiger partial charge < -0.3 is 0 Å². The van der Waals surface area contributed by atoms with E-state index in [1.54, 1.807) is 0 Å². The Morgan fingerprint density at radius 1 is 1.53 bits per heavy atom. The molecule has 0 amide bonds. The van der Waals surface area contributed by atoms with Crippen LogP contribution in [0.25, 0.3) is 0 Å². The molecular formula is C10H12BrN3O. The Kier molecular flexibility index (Phi) is 3.03. The number of aryl methyl sites for hydroxylation is 1. The van der Waals surface area contributed by atoms with Gasteiger partial charge in [-0.05, 0) is 28.8 Å². The molecule has 0 N–H and O–H groups in total. The topological polar surface area (TPSA) is 47.2 Å². The lowest BCUT2D eigenvalue weighted by Gasteiger charge is -2.09. The summed E-state index contributed by atoms with van der Waals surface area (Å²) in [6.07, 6.45) is 6.46. The molecule has 5 heteroatoms. The van der Waals surface area contributed by atoms with Gasteiger partial charge in [-0.3, -0.25) is 4.68 Å². The molecule has 80 valence electrons. The quantitative estimate of drug-likeness (QED) is 0.612. The number of hydrogen-bond acceptors (Lipinski definition) is 3. The maximum atomic E-state index is 10.2. The third-order valence-corrected chi connectivity index (χ3v) is 3.67. The SMILES string of the molecule is Cn1nc(N=C=O)c(Br)c1C1CCCC1. The average molecular weight is 270 g/mol. The van der Waals surface area contributed by atoms with Crippen LogP contribution in [0.5, 0.6) is 0 Å². The van der Waals surface area contributed by atoms with Crippen LogP contribution in [0.4, 0.5) is 5.82 Å². The Labute approximate surface area is 96.5 Å². The summed E-state index contributed by atoms with van der Waals surface area (Å²) in [5, 5.41) is 4.19. The van der Waals surface area contributed by atoms with Gasteiger partial charge in [-0.2, -0.15) is 5.10 Å². The van der Waals surface area contributed by atoms with Crippen LogP contribution >= 0.6 is 15.9 Å². The number of rotatable bonds is 2. The molecule has 0 spiro atoms. The molecule has 0 bridgehead atoms. The summed E-state index contributed by atoms with van der Waals surface area (Å²) >= 11 is 3.46. The highest BCUT2D eigenvalue weighted by Crippen LogP contribution is 2.40. The van der Waals surface area contributed by atoms with E-state index in [1.165, 1.54) is 31.8 Å². The van der Waals surface area contributed by atoms with E-state index in [1.807, 2.05) is 11.7 Å². The number of aliphatic imine (C=N–C) groups is 1. The van der Waals surface area contributed by atoms with Crippen LogP contribution in [0.2, 0.25) is 0 Å². The van der Waals surface area contributed by atoms with Gasteiger partial charge in [0, 0.05) is 13.0 Å². The fourth-order valence-corrected chi connectivity index (χ4v) is 3.00. The molecule has 1 aliphatic rings. The maximum absolute atomic E-state index is 10.2. The lowest BCUT2D eigenvalue weighted by molar-refractivity contribution is 0.565. The predicted octanol–water partition coefficient (Wildman–Crippen LogP) is 2.81. The third-order valence-electron chi connectivity index (χ3n) is 2.91. The number of isocyanates is 1. The molecule has 1 aromatic heterocycles. The van der Waals surface area contributed by atoms with Gasteiger partial charge in [-0.1, -0.05) is 12.8 Å². The first-order chi connectivity index (χ1) is 7.24. The minimum atomic E-state index is 0.439. The van der Waals surface area contributed by atoms with Crippen molar-refractivity contribution < 1.29 is 4.79 Å². The molecule has 2 rings (SSSR count). The fraction of sp³-hybridized carbons (Fsp3) is 0.600. The van der Waals surface area contributed by atoms with Gasteiger partial charge in [0.1, 0.15) is 0 Å². The Balaban J connectivity index is 2.41. The van der Waals surface area contributed by atoms with E-state index >= 15 is 0 Å². The molecule has 0 aromatic carbocycles. The molecule has 1 saturated carbocycles. The standard InChI is InChI=1S/C10H12BrN3O/c1-14-9(7-4-2-3-5-7)8(11)10(13-14)12-6-15/h7H,2-5H2,1H3. The highest BCUT2D eigenvalue weighted by Gasteiger charge is 2.25. The van der Waals surface area contributed by atoms with Crippen LogP contribution in [-0.2, 0) is 11.8 Å². The van der Waals surface area contributed by atoms with Gasteiger partial charge in [0.05, 0.1) is 10.2 Å². The minimum absolute atomic E-state index is 0.439. The van der Waals surface area contributed by atoms with Crippen molar-refractivity contribution in [1.82, 2.24) is 9.78 Å². The number of halogens is 1. The van der Waals surface area contributed by atoms with Crippen LogP contribution in [0.1, 0.15) is 37.3 Å². The molecule has 0 aliphatic heterocycles. The fourth-order valence-electron chi connectivity index (χ4n) is 2.25. The third kappa shape index (κ3) is 1.90. The van der Waals surface area contributed by atoms with E-state index < -0.39 is 0 Å². The number of aromatic nitrogens is 2. The zero-order valence-electron chi connectivity index (χ0n) is 8.53. The Bertz CT molecular complexity index is 415. The number of carbonyl (C=O) groups excluding carboxylic acids is 1. The molecule has 0 atom stereocenters. The smallest absolute Gasteiger partial charge is 0.242 e. The van der Waals surface area contributed by atoms with E-state index in [0.29, 0.717) is 11.7 Å². The Morgan fingerprint density at radius 3 is 2.80 bits per heavy atom. The molecule has 1 fully saturated rings. The first-order valence-electron chi connectivity index (χ1n) is 5.04. The van der Waals surface area contributed by atoms with Crippen molar-refractivity contribution in [2.75, 3.05) is 0 Å². The van der Waals surface area contributed by atoms with Gasteiger partial charge in [-0.25, -0.2) is 4.79 Å². The van der Waals surface area contributed by atoms with Crippen molar-refractivity contribution in [3.8, 4) is 0 Å². The Hall–Kier alpha value is -0.930. The molecule has 15 heavy (non-hydrogen) atoms. The molecule has 1 aliphatic carbocycles. The highest BCUT2D eigenvalue weighted by molar-refractivity contribution is 9.10. The number of nitrogens with zero attached hydrogens (tertiary/aromatic N) is 3. The van der Waals surface area contributed by atoms with E-state index in [2.05, 4.69) is 26.0 Å². The van der Waals surface area contributed by atoms with Gasteiger partial charge in [-0.15, -0.1) is 4.99 Å². The van der Waals surface area contributed by atoms with Crippen molar-refractivity contribution in [1.29, 1.82) is 0 Å². The van der Waals surface area contributed by atoms with Gasteiger partial charge in [0.25, 0.3) is 0 Å². The molecule has 0 saturated heterocycles. The monoisotopic (exact) mass is 269 g/mol. The molecule has 1 aromatic rings. The second-order valence-electron chi connectivity index (χ2n) is 3.83. The van der Waals surface area contributed by atoms with Crippen LogP contribution in [0.3, 0.4) is 0 Å². The van der Waals surface area contributed by atoms with Crippen LogP contribution in [0, 0.1) is 0 Å². The predicted molar refractivity (Wildman–Crippen MR) is 59.9 cm³/mol. The second-order valence-corrected chi connectivity index (χ2v) is 4.62. The summed E-state index contributed by atoms with van der Waals surface area (Å²) in [6.45, 7) is 0. The molecule has 0 unspecified atom stereocenters. The first-order valence-corrected chi connectivity index (χ1v) is 5.83. The lowest BCUT2D eigenvalue weighted by atomic mass is 10.0. The normalized spacial score (nSPS) is 16.7. The number of hydrogen-bond donors (Lipinski definition) is 0. The summed E-state index contributed by atoms with van der Waals surface area (Å²) < 4.78 is 2.66. The van der Waals surface area contributed by atoms with Crippen LogP contribution in [-0.4, -0.2) is 15.9 Å². The Morgan fingerprint density at radius 2 is 2.20 bits per heavy atom. The summed E-state index contributed by atoms with van der Waals surface area (Å²) in [4.78, 5) is 13.8. The van der Waals surface area contributed by atoms with Crippen molar-refractivity contribution >= 4 is 27.8 Å². The molecule has 4 nitrogen and oxygen atoms in total. The van der Waals surface area contributed by atoms with Gasteiger partial charge >= 0.3 is 0 Å². The highest BCUT2D eigenvalue weighted by atomic mass is 79.9. The summed E-state index contributed by atoms with van der Waals surface area (Å²) in [5.74, 6) is 0.988. The van der Waals surface area contributed by atoms with Gasteiger partial charge in [0.15, 0.2) is 0 Å². The lowest BCUT2D eigenvalue weighted by Crippen LogP contribution is -2.02. The molecular weight excluding hydrogens is 258 g/mol. The second kappa shape index (κ2) is 4.29. The maximum Gasteiger partial charge on any atom is 0.242 e. The van der Waals surface area contributed by atoms with Crippen molar-refractivity contribution in [3.05, 3.63) is 10.2 Å². The zero-order chi connectivity index (χ0) is 10.8. The summed E-state index contributed by atoms with van der Waals surface area (Å²) in [5.41, 5.74) is 1.15. The van der Waals surface area contributed by atoms with E-state index in [9.17, 15) is 4.79 Å². The van der Waals surface area contributed by atoms with E-state index in [-0.39, 0.29) is 0 Å². The average Bonchev–Trinajstić information content (AvgIpc) is 2.77. The largest absolute Gasteiger partial charge is 0.269 e. The van der Waals surface area contributed by atoms with Crippen molar-refractivity contribution in [3.63, 3.8) is 0 Å². The first kappa shape index (κ1) is 10.6. The van der Waals surface area contributed by atoms with Crippen molar-refractivity contribution in [2.24, 2.45) is 12.0 Å². The summed E-state index contributed by atoms with van der Waals surface area (Å²) in [7, 11) is 1.89. The van der Waals surface area contributed by atoms with E-state index in [4.69, 9.17) is 0 Å². The van der Waals surface area contributed by atoms with E-state index in [0.717, 1.165) is 10.2 Å². The van der Waals surface area contributed by atoms with Crippen molar-refractivity contribution in [2.45, 2.75) is 31.6 Å². The van der Waals surface area contributed by atoms with Crippen LogP contribution < -0.4 is 0 Å². The summed E-state index contributed by atoms with van der Waals surface area (Å²) in [6, 6.07) is 0. The van der Waals surface area contributed by atoms with Gasteiger partial charge in [0.2, 0.25) is 11.9 Å². The molecule has 0 radical (unpaired) electrons. The van der Waals surface area contributed by atoms with Crippen LogP contribution in [0.15, 0.2) is 9.47 Å². The minimum Gasteiger partial charge on any atom is -0.269 e.